The van der Waals surface area contributed by atoms with Crippen LogP contribution in [0.5, 0.6) is 11.5 Å². The maximum absolute atomic E-state index is 13.2. The fourth-order valence-corrected chi connectivity index (χ4v) is 15.8. The number of Topliss-reactive ketones (excluding diaryl/α,β-unsaturated/α-hetero) is 1. The SMILES string of the molecule is C.C=CC(c1ccccc1)N1CCN(C(=O)CCC(=O)C23CC4CC(CC(C4)C2)C3)CC1.COc1cccc(COc2ccccc2CN2CCN(C(=O)CNC(=O)CC34CC5CC(CC(C5)C3)C4)CC2)c1. The van der Waals surface area contributed by atoms with Crippen molar-refractivity contribution in [2.24, 2.45) is 46.3 Å². The van der Waals surface area contributed by atoms with Crippen LogP contribution in [-0.4, -0.2) is 109 Å². The second-order valence-corrected chi connectivity index (χ2v) is 23.4. The van der Waals surface area contributed by atoms with Crippen LogP contribution in [0.2, 0.25) is 0 Å². The fraction of sp³-hybridized carbons (Fsp3) is 0.607. The van der Waals surface area contributed by atoms with Crippen molar-refractivity contribution in [2.45, 2.75) is 123 Å². The number of nitrogens with zero attached hydrogens (tertiary/aromatic N) is 4. The standard InChI is InChI=1S/C33H43N3O4.C27H36N2O2.CH4/c1-39-29-7-4-5-24(16-29)23-40-30-8-3-2-6-28(30)22-35-9-11-36(12-10-35)32(38)21-34-31(37)20-33-17-25-13-26(18-33)15-27(14-25)19-33;1-2-24(23-6-4-3-5-7-23)28-10-12-29(13-11-28)26(31)9-8-25(30)27-17-20-14-21(18-27)16-22(15-20)19-27;/h2-8,16,25-27H,9-15,17-23H2,1H3,(H,34,37);2-7,20-22,24H,1,8-19H2;1H4. The molecule has 3 aromatic carbocycles. The quantitative estimate of drug-likeness (QED) is 0.133. The molecule has 2 aliphatic heterocycles. The summed E-state index contributed by atoms with van der Waals surface area (Å²) in [4.78, 5) is 60.5. The van der Waals surface area contributed by atoms with Crippen molar-refractivity contribution in [3.8, 4) is 11.5 Å². The summed E-state index contributed by atoms with van der Waals surface area (Å²) in [5.74, 6) is 7.20. The summed E-state index contributed by atoms with van der Waals surface area (Å²) in [6, 6.07) is 26.7. The van der Waals surface area contributed by atoms with Crippen LogP contribution in [-0.2, 0) is 32.3 Å². The predicted molar refractivity (Wildman–Crippen MR) is 283 cm³/mol. The number of carbonyl (C=O) groups is 4. The highest BCUT2D eigenvalue weighted by atomic mass is 16.5. The number of methoxy groups -OCH3 is 1. The van der Waals surface area contributed by atoms with Gasteiger partial charge in [0.15, 0.2) is 0 Å². The molecule has 72 heavy (non-hydrogen) atoms. The van der Waals surface area contributed by atoms with E-state index in [4.69, 9.17) is 9.47 Å². The predicted octanol–water partition coefficient (Wildman–Crippen LogP) is 9.90. The lowest BCUT2D eigenvalue weighted by molar-refractivity contribution is -0.146. The number of carbonyl (C=O) groups excluding carboxylic acids is 4. The Morgan fingerprint density at radius 1 is 0.681 bits per heavy atom. The van der Waals surface area contributed by atoms with Crippen molar-refractivity contribution in [2.75, 3.05) is 66.0 Å². The molecule has 8 aliphatic carbocycles. The first-order valence-electron chi connectivity index (χ1n) is 27.4. The first-order valence-corrected chi connectivity index (χ1v) is 27.4. The summed E-state index contributed by atoms with van der Waals surface area (Å²) >= 11 is 0. The van der Waals surface area contributed by atoms with Gasteiger partial charge >= 0.3 is 0 Å². The van der Waals surface area contributed by atoms with E-state index in [-0.39, 0.29) is 48.6 Å². The van der Waals surface area contributed by atoms with Gasteiger partial charge in [0.2, 0.25) is 17.7 Å². The third-order valence-electron chi connectivity index (χ3n) is 18.4. The maximum Gasteiger partial charge on any atom is 0.242 e. The van der Waals surface area contributed by atoms with Gasteiger partial charge in [-0.1, -0.05) is 74.2 Å². The normalized spacial score (nSPS) is 29.6. The Morgan fingerprint density at radius 3 is 1.86 bits per heavy atom. The molecular weight excluding hydrogens is 899 g/mol. The second-order valence-electron chi connectivity index (χ2n) is 23.4. The van der Waals surface area contributed by atoms with Crippen molar-refractivity contribution in [3.63, 3.8) is 0 Å². The van der Waals surface area contributed by atoms with Gasteiger partial charge in [-0.05, 0) is 147 Å². The molecule has 13 rings (SSSR count). The highest BCUT2D eigenvalue weighted by molar-refractivity contribution is 5.89. The van der Waals surface area contributed by atoms with Gasteiger partial charge in [-0.15, -0.1) is 6.58 Å². The Balaban J connectivity index is 0.000000181. The molecule has 1 N–H and O–H groups in total. The fourth-order valence-electron chi connectivity index (χ4n) is 15.8. The summed E-state index contributed by atoms with van der Waals surface area (Å²) in [5, 5.41) is 2.98. The third-order valence-corrected chi connectivity index (χ3v) is 18.4. The molecule has 3 aromatic rings. The van der Waals surface area contributed by atoms with Gasteiger partial charge in [-0.2, -0.15) is 0 Å². The molecule has 0 radical (unpaired) electrons. The Morgan fingerprint density at radius 2 is 1.25 bits per heavy atom. The number of benzene rings is 3. The van der Waals surface area contributed by atoms with Gasteiger partial charge in [0.25, 0.3) is 0 Å². The van der Waals surface area contributed by atoms with E-state index < -0.39 is 0 Å². The first kappa shape index (κ1) is 51.9. The largest absolute Gasteiger partial charge is 0.497 e. The number of hydrogen-bond acceptors (Lipinski definition) is 8. The summed E-state index contributed by atoms with van der Waals surface area (Å²) in [6.45, 7) is 11.5. The molecule has 388 valence electrons. The molecule has 10 aliphatic rings. The van der Waals surface area contributed by atoms with E-state index in [1.54, 1.807) is 7.11 Å². The number of hydrogen-bond donors (Lipinski definition) is 1. The maximum atomic E-state index is 13.2. The molecular formula is C61H83N5O6. The number of amides is 3. The first-order chi connectivity index (χ1) is 34.5. The van der Waals surface area contributed by atoms with E-state index in [0.29, 0.717) is 44.7 Å². The lowest BCUT2D eigenvalue weighted by Crippen LogP contribution is -2.51. The average molecular weight is 982 g/mol. The number of nitrogens with one attached hydrogen (secondary N) is 1. The summed E-state index contributed by atoms with van der Waals surface area (Å²) in [5.41, 5.74) is 3.59. The minimum atomic E-state index is -0.0689. The minimum absolute atomic E-state index is 0. The molecule has 1 atom stereocenters. The number of rotatable bonds is 17. The lowest BCUT2D eigenvalue weighted by Gasteiger charge is -2.56. The number of para-hydroxylation sites is 1. The minimum Gasteiger partial charge on any atom is -0.497 e. The van der Waals surface area contributed by atoms with Crippen LogP contribution in [0.4, 0.5) is 0 Å². The molecule has 2 heterocycles. The molecule has 1 unspecified atom stereocenters. The Bertz CT molecular complexity index is 2280. The number of ether oxygens (including phenoxy) is 2. The van der Waals surface area contributed by atoms with Gasteiger partial charge in [0.05, 0.1) is 19.7 Å². The van der Waals surface area contributed by atoms with Crippen LogP contribution in [0.1, 0.15) is 126 Å². The summed E-state index contributed by atoms with van der Waals surface area (Å²) < 4.78 is 11.5. The second kappa shape index (κ2) is 23.0. The topological polar surface area (TPSA) is 112 Å². The van der Waals surface area contributed by atoms with Gasteiger partial charge < -0.3 is 24.6 Å². The van der Waals surface area contributed by atoms with Crippen LogP contribution in [0.3, 0.4) is 0 Å². The van der Waals surface area contributed by atoms with Crippen molar-refractivity contribution in [1.29, 1.82) is 0 Å². The van der Waals surface area contributed by atoms with Crippen molar-refractivity contribution in [1.82, 2.24) is 24.9 Å². The van der Waals surface area contributed by atoms with E-state index in [1.165, 1.54) is 63.4 Å². The molecule has 10 fully saturated rings. The van der Waals surface area contributed by atoms with Crippen molar-refractivity contribution >= 4 is 23.5 Å². The molecule has 3 amide bonds. The van der Waals surface area contributed by atoms with Crippen LogP contribution in [0, 0.1) is 46.3 Å². The summed E-state index contributed by atoms with van der Waals surface area (Å²) in [6.07, 6.45) is 18.6. The number of ketones is 1. The smallest absolute Gasteiger partial charge is 0.242 e. The van der Waals surface area contributed by atoms with Gasteiger partial charge in [0, 0.05) is 89.1 Å². The third kappa shape index (κ3) is 12.2. The summed E-state index contributed by atoms with van der Waals surface area (Å²) in [7, 11) is 1.67. The van der Waals surface area contributed by atoms with E-state index in [1.807, 2.05) is 64.4 Å². The van der Waals surface area contributed by atoms with E-state index in [9.17, 15) is 19.2 Å². The lowest BCUT2D eigenvalue weighted by atomic mass is 9.48. The molecule has 2 saturated heterocycles. The van der Waals surface area contributed by atoms with Crippen LogP contribution in [0.15, 0.2) is 91.5 Å². The average Bonchev–Trinajstić information content (AvgIpc) is 3.37. The molecule has 0 aromatic heterocycles. The monoisotopic (exact) mass is 982 g/mol. The molecule has 11 heteroatoms. The molecule has 8 saturated carbocycles. The highest BCUT2D eigenvalue weighted by Gasteiger charge is 2.54. The highest BCUT2D eigenvalue weighted by Crippen LogP contribution is 2.62. The van der Waals surface area contributed by atoms with Gasteiger partial charge in [-0.25, -0.2) is 0 Å². The van der Waals surface area contributed by atoms with Crippen LogP contribution >= 0.6 is 0 Å². The van der Waals surface area contributed by atoms with Crippen molar-refractivity contribution < 1.29 is 28.7 Å². The van der Waals surface area contributed by atoms with Gasteiger partial charge in [0.1, 0.15) is 23.9 Å². The molecule has 0 spiro atoms. The van der Waals surface area contributed by atoms with Crippen LogP contribution < -0.4 is 14.8 Å². The Labute approximate surface area is 430 Å². The van der Waals surface area contributed by atoms with E-state index >= 15 is 0 Å². The Kier molecular flexibility index (Phi) is 16.6. The van der Waals surface area contributed by atoms with Gasteiger partial charge in [-0.3, -0.25) is 29.0 Å². The zero-order valence-electron chi connectivity index (χ0n) is 42.5. The zero-order valence-corrected chi connectivity index (χ0v) is 42.5. The van der Waals surface area contributed by atoms with Crippen LogP contribution in [0.25, 0.3) is 0 Å². The van der Waals surface area contributed by atoms with E-state index in [0.717, 1.165) is 123 Å². The van der Waals surface area contributed by atoms with E-state index in [2.05, 4.69) is 52.0 Å². The molecule has 11 nitrogen and oxygen atoms in total. The zero-order chi connectivity index (χ0) is 49.0. The molecule has 8 bridgehead atoms. The number of piperazine rings is 2. The van der Waals surface area contributed by atoms with Crippen molar-refractivity contribution in [3.05, 3.63) is 108 Å². The Hall–Kier alpha value is -5.00.